The molecule has 1 unspecified atom stereocenters. The molecule has 1 atom stereocenters. The van der Waals surface area contributed by atoms with Gasteiger partial charge in [-0.3, -0.25) is 9.59 Å². The number of rotatable bonds is 7. The first kappa shape index (κ1) is 15.5. The molecule has 0 heterocycles. The molecule has 0 radical (unpaired) electrons. The molecule has 0 saturated carbocycles. The molecule has 0 aromatic carbocycles. The zero-order valence-corrected chi connectivity index (χ0v) is 10.6. The van der Waals surface area contributed by atoms with E-state index >= 15 is 0 Å². The van der Waals surface area contributed by atoms with Gasteiger partial charge >= 0.3 is 0 Å². The molecule has 17 heavy (non-hydrogen) atoms. The Morgan fingerprint density at radius 3 is 2.12 bits per heavy atom. The Labute approximate surface area is 101 Å². The summed E-state index contributed by atoms with van der Waals surface area (Å²) in [5, 5.41) is 0. The minimum absolute atomic E-state index is 0.0732. The average Bonchev–Trinajstić information content (AvgIpc) is 2.27. The van der Waals surface area contributed by atoms with E-state index in [0.29, 0.717) is 5.57 Å². The maximum Gasteiger partial charge on any atom is 0.241 e. The first-order chi connectivity index (χ1) is 7.92. The molecule has 0 aliphatic heterocycles. The van der Waals surface area contributed by atoms with E-state index in [9.17, 15) is 9.59 Å². The van der Waals surface area contributed by atoms with Crippen molar-refractivity contribution in [3.05, 3.63) is 23.8 Å². The van der Waals surface area contributed by atoms with Crippen molar-refractivity contribution in [1.29, 1.82) is 0 Å². The van der Waals surface area contributed by atoms with Crippen molar-refractivity contribution in [1.82, 2.24) is 0 Å². The van der Waals surface area contributed by atoms with E-state index in [4.69, 9.17) is 15.2 Å². The molecule has 0 aromatic rings. The largest absolute Gasteiger partial charge is 0.366 e. The van der Waals surface area contributed by atoms with Gasteiger partial charge in [0.1, 0.15) is 0 Å². The number of allylic oxidation sites excluding steroid dienone is 2. The van der Waals surface area contributed by atoms with Crippen LogP contribution < -0.4 is 5.73 Å². The van der Waals surface area contributed by atoms with Gasteiger partial charge in [-0.15, -0.1) is 0 Å². The third-order valence-corrected chi connectivity index (χ3v) is 2.19. The van der Waals surface area contributed by atoms with E-state index in [0.717, 1.165) is 12.2 Å². The van der Waals surface area contributed by atoms with Crippen molar-refractivity contribution in [3.8, 4) is 0 Å². The predicted octanol–water partition coefficient (Wildman–Crippen LogP) is 0.798. The van der Waals surface area contributed by atoms with Crippen LogP contribution >= 0.6 is 0 Å². The molecule has 1 amide bonds. The van der Waals surface area contributed by atoms with Crippen LogP contribution in [0.1, 0.15) is 13.8 Å². The SMILES string of the molecule is COC(OC)C(C)C=C(C)C(=O)C=CC(N)=O. The highest BCUT2D eigenvalue weighted by Crippen LogP contribution is 2.12. The Balaban J connectivity index is 4.62. The van der Waals surface area contributed by atoms with Crippen LogP contribution in [0.3, 0.4) is 0 Å². The zero-order chi connectivity index (χ0) is 13.4. The number of amides is 1. The van der Waals surface area contributed by atoms with Crippen LogP contribution in [0.5, 0.6) is 0 Å². The fourth-order valence-electron chi connectivity index (χ4n) is 1.37. The lowest BCUT2D eigenvalue weighted by Gasteiger charge is -2.18. The fourth-order valence-corrected chi connectivity index (χ4v) is 1.37. The van der Waals surface area contributed by atoms with Gasteiger partial charge in [0.2, 0.25) is 5.91 Å². The van der Waals surface area contributed by atoms with E-state index in [-0.39, 0.29) is 11.7 Å². The summed E-state index contributed by atoms with van der Waals surface area (Å²) in [5.74, 6) is -0.983. The summed E-state index contributed by atoms with van der Waals surface area (Å²) in [6.45, 7) is 3.53. The first-order valence-electron chi connectivity index (χ1n) is 5.18. The van der Waals surface area contributed by atoms with Gasteiger partial charge in [0.05, 0.1) is 0 Å². The Kier molecular flexibility index (Phi) is 7.09. The Morgan fingerprint density at radius 2 is 1.71 bits per heavy atom. The standard InChI is InChI=1S/C12H19NO4/c1-8(10(14)5-6-11(13)15)7-9(2)12(16-3)17-4/h5-7,9,12H,1-4H3,(H2,13,15). The van der Waals surface area contributed by atoms with E-state index < -0.39 is 12.2 Å². The van der Waals surface area contributed by atoms with Gasteiger partial charge in [0.25, 0.3) is 0 Å². The topological polar surface area (TPSA) is 78.6 Å². The molecule has 96 valence electrons. The van der Waals surface area contributed by atoms with E-state index in [1.54, 1.807) is 13.0 Å². The van der Waals surface area contributed by atoms with Gasteiger partial charge in [-0.2, -0.15) is 0 Å². The third-order valence-electron chi connectivity index (χ3n) is 2.19. The van der Waals surface area contributed by atoms with Crippen LogP contribution in [-0.2, 0) is 19.1 Å². The lowest BCUT2D eigenvalue weighted by atomic mass is 10.0. The normalized spacial score (nSPS) is 14.3. The number of methoxy groups -OCH3 is 2. The van der Waals surface area contributed by atoms with Gasteiger partial charge in [-0.25, -0.2) is 0 Å². The molecule has 5 nitrogen and oxygen atoms in total. The fraction of sp³-hybridized carbons (Fsp3) is 0.500. The molecule has 0 spiro atoms. The lowest BCUT2D eigenvalue weighted by Crippen LogP contribution is -2.21. The second-order valence-corrected chi connectivity index (χ2v) is 3.65. The first-order valence-corrected chi connectivity index (χ1v) is 5.18. The van der Waals surface area contributed by atoms with Crippen molar-refractivity contribution in [2.45, 2.75) is 20.1 Å². The Morgan fingerprint density at radius 1 is 1.18 bits per heavy atom. The summed E-state index contributed by atoms with van der Waals surface area (Å²) < 4.78 is 10.1. The van der Waals surface area contributed by atoms with Crippen molar-refractivity contribution >= 4 is 11.7 Å². The van der Waals surface area contributed by atoms with Crippen LogP contribution in [0.25, 0.3) is 0 Å². The molecule has 0 rings (SSSR count). The van der Waals surface area contributed by atoms with Crippen molar-refractivity contribution in [3.63, 3.8) is 0 Å². The van der Waals surface area contributed by atoms with Crippen LogP contribution in [-0.4, -0.2) is 32.2 Å². The molecule has 0 saturated heterocycles. The van der Waals surface area contributed by atoms with Gasteiger partial charge in [0.15, 0.2) is 12.1 Å². The summed E-state index contributed by atoms with van der Waals surface area (Å²) in [6, 6.07) is 0. The van der Waals surface area contributed by atoms with Crippen molar-refractivity contribution in [2.75, 3.05) is 14.2 Å². The van der Waals surface area contributed by atoms with E-state index in [2.05, 4.69) is 0 Å². The molecule has 0 fully saturated rings. The monoisotopic (exact) mass is 241 g/mol. The molecule has 0 aliphatic rings. The number of ether oxygens (including phenoxy) is 2. The molecule has 0 aliphatic carbocycles. The predicted molar refractivity (Wildman–Crippen MR) is 64.1 cm³/mol. The molecular weight excluding hydrogens is 222 g/mol. The quantitative estimate of drug-likeness (QED) is 0.528. The summed E-state index contributed by atoms with van der Waals surface area (Å²) in [7, 11) is 3.06. The minimum Gasteiger partial charge on any atom is -0.366 e. The van der Waals surface area contributed by atoms with Crippen LogP contribution in [0.4, 0.5) is 0 Å². The van der Waals surface area contributed by atoms with Gasteiger partial charge < -0.3 is 15.2 Å². The number of hydrogen-bond donors (Lipinski definition) is 1. The number of ketones is 1. The number of nitrogens with two attached hydrogens (primary N) is 1. The number of hydrogen-bond acceptors (Lipinski definition) is 4. The van der Waals surface area contributed by atoms with Crippen molar-refractivity contribution in [2.24, 2.45) is 11.7 Å². The third kappa shape index (κ3) is 5.99. The molecule has 5 heteroatoms. The van der Waals surface area contributed by atoms with Crippen molar-refractivity contribution < 1.29 is 19.1 Å². The summed E-state index contributed by atoms with van der Waals surface area (Å²) in [5.41, 5.74) is 5.40. The second-order valence-electron chi connectivity index (χ2n) is 3.65. The van der Waals surface area contributed by atoms with E-state index in [1.165, 1.54) is 14.2 Å². The smallest absolute Gasteiger partial charge is 0.241 e. The number of carbonyl (C=O) groups excluding carboxylic acids is 2. The van der Waals surface area contributed by atoms with E-state index in [1.807, 2.05) is 6.92 Å². The number of carbonyl (C=O) groups is 2. The summed E-state index contributed by atoms with van der Waals surface area (Å²) in [6.07, 6.45) is 3.51. The highest BCUT2D eigenvalue weighted by Gasteiger charge is 2.14. The highest BCUT2D eigenvalue weighted by molar-refractivity contribution is 6.06. The van der Waals surface area contributed by atoms with Gasteiger partial charge in [-0.05, 0) is 18.6 Å². The van der Waals surface area contributed by atoms with Crippen LogP contribution in [0.15, 0.2) is 23.8 Å². The second kappa shape index (κ2) is 7.76. The maximum atomic E-state index is 11.5. The van der Waals surface area contributed by atoms with Crippen LogP contribution in [0.2, 0.25) is 0 Å². The zero-order valence-electron chi connectivity index (χ0n) is 10.6. The average molecular weight is 241 g/mol. The summed E-state index contributed by atoms with van der Waals surface area (Å²) in [4.78, 5) is 22.0. The molecular formula is C12H19NO4. The lowest BCUT2D eigenvalue weighted by molar-refractivity contribution is -0.123. The Hall–Kier alpha value is -1.46. The van der Waals surface area contributed by atoms with Gasteiger partial charge in [-0.1, -0.05) is 13.0 Å². The van der Waals surface area contributed by atoms with Gasteiger partial charge in [0, 0.05) is 26.2 Å². The Bertz CT molecular complexity index is 329. The van der Waals surface area contributed by atoms with Crippen LogP contribution in [0, 0.1) is 5.92 Å². The minimum atomic E-state index is -0.647. The molecule has 0 aromatic heterocycles. The number of primary amides is 1. The maximum absolute atomic E-state index is 11.5. The molecule has 2 N–H and O–H groups in total. The molecule has 0 bridgehead atoms. The summed E-state index contributed by atoms with van der Waals surface area (Å²) >= 11 is 0. The highest BCUT2D eigenvalue weighted by atomic mass is 16.7.